The fraction of sp³-hybridized carbons (Fsp3) is 0.125. The molecule has 3 aromatic rings. The zero-order chi connectivity index (χ0) is 21.1. The molecule has 5 nitrogen and oxygen atoms in total. The second-order valence-electron chi connectivity index (χ2n) is 7.18. The molecule has 0 saturated heterocycles. The summed E-state index contributed by atoms with van der Waals surface area (Å²) in [7, 11) is 0. The Bertz CT molecular complexity index is 1120. The summed E-state index contributed by atoms with van der Waals surface area (Å²) in [6.45, 7) is 0. The van der Waals surface area contributed by atoms with Crippen LogP contribution in [0.5, 0.6) is 0 Å². The lowest BCUT2D eigenvalue weighted by Gasteiger charge is -2.11. The first-order chi connectivity index (χ1) is 14.5. The van der Waals surface area contributed by atoms with E-state index in [1.807, 2.05) is 0 Å². The van der Waals surface area contributed by atoms with E-state index in [1.165, 1.54) is 0 Å². The van der Waals surface area contributed by atoms with Crippen LogP contribution in [0.15, 0.2) is 77.3 Å². The molecule has 0 atom stereocenters. The van der Waals surface area contributed by atoms with Gasteiger partial charge in [-0.25, -0.2) is 0 Å². The van der Waals surface area contributed by atoms with Crippen molar-refractivity contribution in [3.8, 4) is 0 Å². The van der Waals surface area contributed by atoms with Crippen LogP contribution in [0, 0.1) is 5.92 Å². The van der Waals surface area contributed by atoms with Crippen LogP contribution in [0.3, 0.4) is 0 Å². The van der Waals surface area contributed by atoms with Crippen LogP contribution >= 0.6 is 15.9 Å². The normalized spacial score (nSPS) is 12.8. The van der Waals surface area contributed by atoms with Gasteiger partial charge < -0.3 is 10.6 Å². The quantitative estimate of drug-likeness (QED) is 0.489. The molecule has 0 spiro atoms. The lowest BCUT2D eigenvalue weighted by molar-refractivity contribution is -0.117. The third-order valence-corrected chi connectivity index (χ3v) is 5.39. The Hall–Kier alpha value is -3.25. The topological polar surface area (TPSA) is 75.3 Å². The lowest BCUT2D eigenvalue weighted by atomic mass is 9.98. The molecule has 4 rings (SSSR count). The first-order valence-corrected chi connectivity index (χ1v) is 10.4. The SMILES string of the molecule is O=C(Nc1cccc(NC(=O)C2CC2)c1)c1ccccc1C(=O)c1ccc(Br)cc1. The number of amides is 2. The maximum atomic E-state index is 12.9. The van der Waals surface area contributed by atoms with Crippen LogP contribution in [-0.2, 0) is 4.79 Å². The molecule has 0 bridgehead atoms. The van der Waals surface area contributed by atoms with E-state index in [0.717, 1.165) is 17.3 Å². The molecule has 0 aromatic heterocycles. The number of benzene rings is 3. The highest BCUT2D eigenvalue weighted by Crippen LogP contribution is 2.30. The monoisotopic (exact) mass is 462 g/mol. The Kier molecular flexibility index (Phi) is 5.77. The molecule has 30 heavy (non-hydrogen) atoms. The standard InChI is InChI=1S/C24H19BrN2O3/c25-17-12-10-15(11-13-17)22(28)20-6-1-2-7-21(20)24(30)27-19-5-3-4-18(14-19)26-23(29)16-8-9-16/h1-7,10-14,16H,8-9H2,(H,26,29)(H,27,30). The molecular formula is C24H19BrN2O3. The zero-order valence-electron chi connectivity index (χ0n) is 16.0. The van der Waals surface area contributed by atoms with E-state index in [2.05, 4.69) is 26.6 Å². The molecule has 2 amide bonds. The molecule has 150 valence electrons. The van der Waals surface area contributed by atoms with Crippen molar-refractivity contribution in [2.75, 3.05) is 10.6 Å². The molecule has 1 aliphatic rings. The zero-order valence-corrected chi connectivity index (χ0v) is 17.6. The Morgan fingerprint density at radius 3 is 2.07 bits per heavy atom. The Balaban J connectivity index is 1.53. The number of carbonyl (C=O) groups is 3. The van der Waals surface area contributed by atoms with Crippen molar-refractivity contribution >= 4 is 44.9 Å². The fourth-order valence-corrected chi connectivity index (χ4v) is 3.36. The van der Waals surface area contributed by atoms with Crippen LogP contribution < -0.4 is 10.6 Å². The molecular weight excluding hydrogens is 444 g/mol. The van der Waals surface area contributed by atoms with Crippen molar-refractivity contribution in [3.05, 3.63) is 94.0 Å². The van der Waals surface area contributed by atoms with Gasteiger partial charge in [0.05, 0.1) is 5.56 Å². The maximum absolute atomic E-state index is 12.9. The summed E-state index contributed by atoms with van der Waals surface area (Å²) in [4.78, 5) is 37.8. The van der Waals surface area contributed by atoms with Crippen molar-refractivity contribution in [2.45, 2.75) is 12.8 Å². The summed E-state index contributed by atoms with van der Waals surface area (Å²) >= 11 is 3.36. The van der Waals surface area contributed by atoms with Crippen molar-refractivity contribution in [1.82, 2.24) is 0 Å². The number of ketones is 1. The highest BCUT2D eigenvalue weighted by atomic mass is 79.9. The highest BCUT2D eigenvalue weighted by molar-refractivity contribution is 9.10. The van der Waals surface area contributed by atoms with Gasteiger partial charge in [-0.1, -0.05) is 40.2 Å². The average molecular weight is 463 g/mol. The van der Waals surface area contributed by atoms with Crippen LogP contribution in [0.1, 0.15) is 39.1 Å². The van der Waals surface area contributed by atoms with E-state index in [0.29, 0.717) is 22.5 Å². The third kappa shape index (κ3) is 4.66. The molecule has 1 fully saturated rings. The molecule has 3 aromatic carbocycles. The molecule has 0 heterocycles. The van der Waals surface area contributed by atoms with Crippen molar-refractivity contribution < 1.29 is 14.4 Å². The Morgan fingerprint density at radius 1 is 0.767 bits per heavy atom. The summed E-state index contributed by atoms with van der Waals surface area (Å²) in [5.41, 5.74) is 2.29. The predicted octanol–water partition coefficient (Wildman–Crippen LogP) is 5.28. The number of hydrogen-bond donors (Lipinski definition) is 2. The molecule has 1 aliphatic carbocycles. The minimum Gasteiger partial charge on any atom is -0.326 e. The van der Waals surface area contributed by atoms with E-state index in [1.54, 1.807) is 72.8 Å². The second-order valence-corrected chi connectivity index (χ2v) is 8.10. The summed E-state index contributed by atoms with van der Waals surface area (Å²) < 4.78 is 0.874. The average Bonchev–Trinajstić information content (AvgIpc) is 3.60. The van der Waals surface area contributed by atoms with Crippen LogP contribution in [-0.4, -0.2) is 17.6 Å². The fourth-order valence-electron chi connectivity index (χ4n) is 3.10. The van der Waals surface area contributed by atoms with Gasteiger partial charge >= 0.3 is 0 Å². The lowest BCUT2D eigenvalue weighted by Crippen LogP contribution is -2.17. The minimum absolute atomic E-state index is 0.00363. The highest BCUT2D eigenvalue weighted by Gasteiger charge is 2.29. The van der Waals surface area contributed by atoms with Gasteiger partial charge in [0.25, 0.3) is 5.91 Å². The van der Waals surface area contributed by atoms with E-state index >= 15 is 0 Å². The number of carbonyl (C=O) groups excluding carboxylic acids is 3. The summed E-state index contributed by atoms with van der Waals surface area (Å²) in [6, 6.07) is 20.7. The molecule has 1 saturated carbocycles. The van der Waals surface area contributed by atoms with Gasteiger partial charge in [-0.15, -0.1) is 0 Å². The minimum atomic E-state index is -0.387. The number of nitrogens with one attached hydrogen (secondary N) is 2. The van der Waals surface area contributed by atoms with Gasteiger partial charge in [0.1, 0.15) is 0 Å². The predicted molar refractivity (Wildman–Crippen MR) is 120 cm³/mol. The van der Waals surface area contributed by atoms with E-state index in [4.69, 9.17) is 0 Å². The van der Waals surface area contributed by atoms with E-state index in [-0.39, 0.29) is 29.1 Å². The van der Waals surface area contributed by atoms with Gasteiger partial charge in [0.15, 0.2) is 5.78 Å². The molecule has 0 unspecified atom stereocenters. The molecule has 0 radical (unpaired) electrons. The first kappa shape index (κ1) is 20.0. The molecule has 6 heteroatoms. The van der Waals surface area contributed by atoms with Crippen LogP contribution in [0.4, 0.5) is 11.4 Å². The summed E-state index contributed by atoms with van der Waals surface area (Å²) in [5, 5.41) is 5.69. The summed E-state index contributed by atoms with van der Waals surface area (Å²) in [5.74, 6) is -0.510. The van der Waals surface area contributed by atoms with Gasteiger partial charge in [-0.2, -0.15) is 0 Å². The van der Waals surface area contributed by atoms with Gasteiger partial charge in [-0.3, -0.25) is 14.4 Å². The van der Waals surface area contributed by atoms with Crippen molar-refractivity contribution in [3.63, 3.8) is 0 Å². The van der Waals surface area contributed by atoms with Gasteiger partial charge in [0.2, 0.25) is 5.91 Å². The number of hydrogen-bond acceptors (Lipinski definition) is 3. The number of halogens is 1. The van der Waals surface area contributed by atoms with Crippen molar-refractivity contribution in [2.24, 2.45) is 5.92 Å². The van der Waals surface area contributed by atoms with Crippen LogP contribution in [0.25, 0.3) is 0 Å². The number of rotatable bonds is 6. The molecule has 0 aliphatic heterocycles. The number of anilines is 2. The first-order valence-electron chi connectivity index (χ1n) is 9.63. The second kappa shape index (κ2) is 8.63. The largest absolute Gasteiger partial charge is 0.326 e. The van der Waals surface area contributed by atoms with E-state index < -0.39 is 0 Å². The van der Waals surface area contributed by atoms with E-state index in [9.17, 15) is 14.4 Å². The van der Waals surface area contributed by atoms with Gasteiger partial charge in [-0.05, 0) is 61.4 Å². The smallest absolute Gasteiger partial charge is 0.256 e. The van der Waals surface area contributed by atoms with Crippen molar-refractivity contribution in [1.29, 1.82) is 0 Å². The maximum Gasteiger partial charge on any atom is 0.256 e. The summed E-state index contributed by atoms with van der Waals surface area (Å²) in [6.07, 6.45) is 1.84. The Labute approximate surface area is 182 Å². The van der Waals surface area contributed by atoms with Crippen LogP contribution in [0.2, 0.25) is 0 Å². The third-order valence-electron chi connectivity index (χ3n) is 4.86. The molecule has 2 N–H and O–H groups in total. The van der Waals surface area contributed by atoms with Gasteiger partial charge in [0, 0.05) is 32.9 Å². The Morgan fingerprint density at radius 2 is 1.40 bits per heavy atom.